The first-order chi connectivity index (χ1) is 19.9. The van der Waals surface area contributed by atoms with Gasteiger partial charge >= 0.3 is 11.9 Å². The summed E-state index contributed by atoms with van der Waals surface area (Å²) in [4.78, 5) is 36.5. The van der Waals surface area contributed by atoms with Crippen molar-refractivity contribution in [1.82, 2.24) is 0 Å². The Labute approximate surface area is 247 Å². The van der Waals surface area contributed by atoms with Crippen LogP contribution < -0.4 is 0 Å². The van der Waals surface area contributed by atoms with Gasteiger partial charge in [-0.2, -0.15) is 0 Å². The van der Waals surface area contributed by atoms with Gasteiger partial charge in [0, 0.05) is 38.4 Å². The minimum atomic E-state index is -1.24. The monoisotopic (exact) mass is 590 g/mol. The average Bonchev–Trinajstić information content (AvgIpc) is 3.48. The summed E-state index contributed by atoms with van der Waals surface area (Å²) in [5.41, 5.74) is -2.60. The first-order valence-electron chi connectivity index (χ1n) is 15.7. The number of ether oxygens (including phenoxy) is 5. The number of hydrogen-bond acceptors (Lipinski definition) is 10. The smallest absolute Gasteiger partial charge is 0.331 e. The minimum absolute atomic E-state index is 0.0706. The van der Waals surface area contributed by atoms with Crippen LogP contribution in [0.15, 0.2) is 11.6 Å². The van der Waals surface area contributed by atoms with Gasteiger partial charge in [0.05, 0.1) is 28.8 Å². The number of hydrogen-bond donors (Lipinski definition) is 2. The summed E-state index contributed by atoms with van der Waals surface area (Å²) in [6, 6.07) is 0. The Hall–Kier alpha value is -1.85. The zero-order valence-corrected chi connectivity index (χ0v) is 25.2. The van der Waals surface area contributed by atoms with Crippen molar-refractivity contribution in [2.75, 3.05) is 13.7 Å². The lowest BCUT2D eigenvalue weighted by molar-refractivity contribution is -0.289. The molecule has 4 aliphatic carbocycles. The third-order valence-electron chi connectivity index (χ3n) is 12.4. The molecule has 2 N–H and O–H groups in total. The van der Waals surface area contributed by atoms with E-state index in [0.717, 1.165) is 31.1 Å². The summed E-state index contributed by atoms with van der Waals surface area (Å²) >= 11 is 0. The maximum atomic E-state index is 13.1. The average molecular weight is 591 g/mol. The van der Waals surface area contributed by atoms with Crippen molar-refractivity contribution in [3.05, 3.63) is 11.6 Å². The van der Waals surface area contributed by atoms with Crippen LogP contribution in [0.2, 0.25) is 0 Å². The number of carbonyl (C=O) groups is 3. The maximum Gasteiger partial charge on any atom is 0.331 e. The first kappa shape index (κ1) is 30.2. The van der Waals surface area contributed by atoms with E-state index in [1.807, 2.05) is 6.92 Å². The molecule has 2 aliphatic heterocycles. The highest BCUT2D eigenvalue weighted by atomic mass is 16.7. The van der Waals surface area contributed by atoms with Crippen LogP contribution in [0.1, 0.15) is 85.0 Å². The van der Waals surface area contributed by atoms with E-state index in [2.05, 4.69) is 6.92 Å². The molecule has 1 saturated heterocycles. The van der Waals surface area contributed by atoms with E-state index in [4.69, 9.17) is 23.7 Å². The summed E-state index contributed by atoms with van der Waals surface area (Å²) in [5, 5.41) is 24.7. The Kier molecular flexibility index (Phi) is 7.65. The number of aldehydes is 1. The predicted molar refractivity (Wildman–Crippen MR) is 148 cm³/mol. The van der Waals surface area contributed by atoms with Gasteiger partial charge in [-0.1, -0.05) is 6.92 Å². The van der Waals surface area contributed by atoms with E-state index in [1.165, 1.54) is 6.92 Å². The molecule has 0 amide bonds. The van der Waals surface area contributed by atoms with Crippen molar-refractivity contribution >= 4 is 18.2 Å². The molecule has 0 aromatic heterocycles. The first-order valence-corrected chi connectivity index (χ1v) is 15.7. The third-order valence-corrected chi connectivity index (χ3v) is 12.4. The molecule has 0 bridgehead atoms. The Bertz CT molecular complexity index is 1140. The molecule has 6 rings (SSSR count). The topological polar surface area (TPSA) is 138 Å². The van der Waals surface area contributed by atoms with Gasteiger partial charge < -0.3 is 38.7 Å². The van der Waals surface area contributed by atoms with Gasteiger partial charge in [0.2, 0.25) is 0 Å². The molecule has 11 unspecified atom stereocenters. The van der Waals surface area contributed by atoms with Gasteiger partial charge in [-0.3, -0.25) is 4.79 Å². The molecule has 234 valence electrons. The van der Waals surface area contributed by atoms with E-state index in [0.29, 0.717) is 51.6 Å². The Balaban J connectivity index is 1.18. The number of carbonyl (C=O) groups excluding carboxylic acids is 3. The number of rotatable bonds is 6. The van der Waals surface area contributed by atoms with Gasteiger partial charge in [-0.05, 0) is 81.6 Å². The van der Waals surface area contributed by atoms with Crippen molar-refractivity contribution in [1.29, 1.82) is 0 Å². The van der Waals surface area contributed by atoms with Gasteiger partial charge in [0.25, 0.3) is 0 Å². The fourth-order valence-corrected chi connectivity index (χ4v) is 10.3. The van der Waals surface area contributed by atoms with E-state index in [9.17, 15) is 24.6 Å². The third kappa shape index (κ3) is 4.42. The fourth-order valence-electron chi connectivity index (χ4n) is 10.3. The maximum absolute atomic E-state index is 13.1. The second-order valence-corrected chi connectivity index (χ2v) is 14.1. The highest BCUT2D eigenvalue weighted by Gasteiger charge is 2.71. The van der Waals surface area contributed by atoms with Crippen molar-refractivity contribution in [3.8, 4) is 0 Å². The number of methoxy groups -OCH3 is 1. The van der Waals surface area contributed by atoms with Crippen molar-refractivity contribution < 1.29 is 48.3 Å². The van der Waals surface area contributed by atoms with Gasteiger partial charge in [0.1, 0.15) is 19.0 Å². The minimum Gasteiger partial charge on any atom is -0.458 e. The summed E-state index contributed by atoms with van der Waals surface area (Å²) in [5.74, 6) is -0.871. The van der Waals surface area contributed by atoms with E-state index in [1.54, 1.807) is 13.2 Å². The van der Waals surface area contributed by atoms with E-state index in [-0.39, 0.29) is 35.9 Å². The van der Waals surface area contributed by atoms with Crippen LogP contribution in [0.5, 0.6) is 0 Å². The Morgan fingerprint density at radius 1 is 1.10 bits per heavy atom. The quantitative estimate of drug-likeness (QED) is 0.270. The summed E-state index contributed by atoms with van der Waals surface area (Å²) in [6.45, 7) is 5.63. The molecule has 0 aromatic rings. The standard InChI is InChI=1S/C32H46O10/c1-18-28(41-19(2)34)25(38-4)14-27(40-18)42-21-5-10-30(17-33)23-6-9-29(3)22(20-13-26(35)39-16-20)8-12-32(29,37)24(23)7-11-31(30,36)15-21/h13,17-18,21-25,27-28,36-37H,5-12,14-16H2,1-4H3/t18?,21?,22?,23-,24?,25?,27?,28?,29?,30?,31?,32?/m0/s1. The zero-order valence-electron chi connectivity index (χ0n) is 25.2. The molecule has 5 fully saturated rings. The molecule has 0 spiro atoms. The van der Waals surface area contributed by atoms with Gasteiger partial charge in [-0.15, -0.1) is 0 Å². The van der Waals surface area contributed by atoms with Crippen molar-refractivity contribution in [3.63, 3.8) is 0 Å². The SMILES string of the molecule is COC1CC(OC2CCC3(C=O)[C@H]4CCC5(C)C(C6=CC(=O)OC6)CCC5(O)C4CCC3(O)C2)OC(C)C1OC(C)=O. The van der Waals surface area contributed by atoms with Crippen molar-refractivity contribution in [2.45, 2.75) is 127 Å². The number of esters is 2. The lowest BCUT2D eigenvalue weighted by Gasteiger charge is -2.65. The highest BCUT2D eigenvalue weighted by molar-refractivity contribution is 5.85. The second-order valence-electron chi connectivity index (χ2n) is 14.1. The number of cyclic esters (lactones) is 1. The zero-order chi connectivity index (χ0) is 30.1. The molecule has 2 heterocycles. The molecule has 12 atom stereocenters. The molecule has 6 aliphatic rings. The Morgan fingerprint density at radius 3 is 2.52 bits per heavy atom. The van der Waals surface area contributed by atoms with E-state index < -0.39 is 46.5 Å². The van der Waals surface area contributed by atoms with Crippen LogP contribution in [-0.2, 0) is 38.1 Å². The summed E-state index contributed by atoms with van der Waals surface area (Å²) in [7, 11) is 1.57. The Morgan fingerprint density at radius 2 is 1.86 bits per heavy atom. The van der Waals surface area contributed by atoms with Crippen LogP contribution in [0, 0.1) is 28.6 Å². The van der Waals surface area contributed by atoms with Crippen molar-refractivity contribution in [2.24, 2.45) is 28.6 Å². The van der Waals surface area contributed by atoms with Crippen LogP contribution in [-0.4, -0.2) is 84.1 Å². The highest BCUT2D eigenvalue weighted by Crippen LogP contribution is 2.70. The molecule has 0 aromatic carbocycles. The largest absolute Gasteiger partial charge is 0.458 e. The summed E-state index contributed by atoms with van der Waals surface area (Å²) < 4.78 is 28.7. The van der Waals surface area contributed by atoms with Crippen LogP contribution in [0.4, 0.5) is 0 Å². The molecule has 42 heavy (non-hydrogen) atoms. The summed E-state index contributed by atoms with van der Waals surface area (Å²) in [6.07, 6.45) is 6.06. The normalized spacial score (nSPS) is 50.1. The lowest BCUT2D eigenvalue weighted by Crippen LogP contribution is -2.69. The predicted octanol–water partition coefficient (Wildman–Crippen LogP) is 3.00. The fraction of sp³-hybridized carbons (Fsp3) is 0.844. The molecule has 10 nitrogen and oxygen atoms in total. The molecular formula is C32H46O10. The molecule has 0 radical (unpaired) electrons. The van der Waals surface area contributed by atoms with Crippen LogP contribution in [0.25, 0.3) is 0 Å². The lowest BCUT2D eigenvalue weighted by atomic mass is 9.41. The number of aliphatic hydroxyl groups is 2. The number of fused-ring (bicyclic) bond motifs is 5. The van der Waals surface area contributed by atoms with Crippen LogP contribution in [0.3, 0.4) is 0 Å². The van der Waals surface area contributed by atoms with Gasteiger partial charge in [-0.25, -0.2) is 4.79 Å². The molecule has 4 saturated carbocycles. The van der Waals surface area contributed by atoms with E-state index >= 15 is 0 Å². The second kappa shape index (κ2) is 10.6. The van der Waals surface area contributed by atoms with Crippen LogP contribution >= 0.6 is 0 Å². The molecule has 10 heteroatoms. The molecular weight excluding hydrogens is 544 g/mol. The van der Waals surface area contributed by atoms with Gasteiger partial charge in [0.15, 0.2) is 12.4 Å².